The monoisotopic (exact) mass is 257 g/mol. The van der Waals surface area contributed by atoms with Gasteiger partial charge in [-0.2, -0.15) is 0 Å². The molecule has 106 valence electrons. The number of rotatable bonds is 8. The fourth-order valence-electron chi connectivity index (χ4n) is 2.35. The van der Waals surface area contributed by atoms with Gasteiger partial charge in [-0.15, -0.1) is 0 Å². The highest BCUT2D eigenvalue weighted by Crippen LogP contribution is 2.28. The summed E-state index contributed by atoms with van der Waals surface area (Å²) in [5.74, 6) is -0.231. The molecule has 0 aliphatic carbocycles. The third-order valence-electron chi connectivity index (χ3n) is 3.59. The van der Waals surface area contributed by atoms with Crippen LogP contribution in [0.25, 0.3) is 0 Å². The van der Waals surface area contributed by atoms with Gasteiger partial charge in [0.1, 0.15) is 0 Å². The van der Waals surface area contributed by atoms with Crippen molar-refractivity contribution in [3.05, 3.63) is 0 Å². The van der Waals surface area contributed by atoms with Crippen molar-refractivity contribution >= 4 is 5.97 Å². The molecule has 0 aromatic heterocycles. The van der Waals surface area contributed by atoms with Crippen molar-refractivity contribution in [3.8, 4) is 0 Å². The van der Waals surface area contributed by atoms with Gasteiger partial charge in [-0.3, -0.25) is 4.79 Å². The summed E-state index contributed by atoms with van der Waals surface area (Å²) in [6.07, 6.45) is 4.69. The van der Waals surface area contributed by atoms with Gasteiger partial charge in [0, 0.05) is 13.0 Å². The number of aliphatic carboxylic acids is 1. The van der Waals surface area contributed by atoms with Crippen LogP contribution in [0, 0.1) is 5.92 Å². The third-order valence-corrected chi connectivity index (χ3v) is 3.59. The molecule has 0 saturated carbocycles. The molecule has 4 heteroatoms. The van der Waals surface area contributed by atoms with Crippen molar-refractivity contribution in [3.63, 3.8) is 0 Å². The molecular weight excluding hydrogens is 230 g/mol. The van der Waals surface area contributed by atoms with Gasteiger partial charge < -0.3 is 15.2 Å². The first-order chi connectivity index (χ1) is 8.39. The van der Waals surface area contributed by atoms with Crippen LogP contribution in [0.5, 0.6) is 0 Å². The lowest BCUT2D eigenvalue weighted by Crippen LogP contribution is -2.30. The van der Waals surface area contributed by atoms with Crippen molar-refractivity contribution in [2.75, 3.05) is 13.1 Å². The smallest absolute Gasteiger partial charge is 0.303 e. The van der Waals surface area contributed by atoms with Crippen molar-refractivity contribution in [2.24, 2.45) is 5.92 Å². The van der Waals surface area contributed by atoms with E-state index in [1.54, 1.807) is 0 Å². The predicted octanol–water partition coefficient (Wildman–Crippen LogP) is 2.42. The van der Waals surface area contributed by atoms with E-state index in [1.807, 2.05) is 0 Å². The maximum atomic E-state index is 10.4. The second-order valence-corrected chi connectivity index (χ2v) is 6.07. The maximum absolute atomic E-state index is 10.4. The Morgan fingerprint density at radius 3 is 2.78 bits per heavy atom. The Hall–Kier alpha value is -0.610. The second kappa shape index (κ2) is 7.10. The predicted molar refractivity (Wildman–Crippen MR) is 71.7 cm³/mol. The van der Waals surface area contributed by atoms with Gasteiger partial charge in [-0.1, -0.05) is 6.92 Å². The molecule has 0 amide bonds. The van der Waals surface area contributed by atoms with Crippen LogP contribution >= 0.6 is 0 Å². The zero-order chi connectivity index (χ0) is 13.6. The summed E-state index contributed by atoms with van der Waals surface area (Å²) in [5.41, 5.74) is 0.0428. The average molecular weight is 257 g/mol. The molecule has 0 bridgehead atoms. The lowest BCUT2D eigenvalue weighted by molar-refractivity contribution is -0.137. The van der Waals surface area contributed by atoms with E-state index in [9.17, 15) is 4.79 Å². The quantitative estimate of drug-likeness (QED) is 0.656. The molecule has 2 atom stereocenters. The molecule has 4 nitrogen and oxygen atoms in total. The van der Waals surface area contributed by atoms with Crippen LogP contribution in [0.4, 0.5) is 0 Å². The largest absolute Gasteiger partial charge is 0.481 e. The summed E-state index contributed by atoms with van der Waals surface area (Å²) >= 11 is 0. The van der Waals surface area contributed by atoms with E-state index in [0.717, 1.165) is 38.8 Å². The van der Waals surface area contributed by atoms with E-state index < -0.39 is 5.97 Å². The molecule has 2 unspecified atom stereocenters. The molecule has 1 aliphatic rings. The zero-order valence-electron chi connectivity index (χ0n) is 11.9. The van der Waals surface area contributed by atoms with Crippen LogP contribution in [0.3, 0.4) is 0 Å². The summed E-state index contributed by atoms with van der Waals surface area (Å²) in [6.45, 7) is 8.25. The van der Waals surface area contributed by atoms with E-state index in [-0.39, 0.29) is 12.0 Å². The van der Waals surface area contributed by atoms with Crippen LogP contribution in [0.15, 0.2) is 0 Å². The Morgan fingerprint density at radius 1 is 1.50 bits per heavy atom. The molecule has 0 aromatic carbocycles. The first-order valence-electron chi connectivity index (χ1n) is 6.99. The Bertz CT molecular complexity index is 266. The fourth-order valence-corrected chi connectivity index (χ4v) is 2.35. The molecule has 0 aromatic rings. The molecule has 0 radical (unpaired) electrons. The highest BCUT2D eigenvalue weighted by Gasteiger charge is 2.30. The minimum atomic E-state index is -0.698. The van der Waals surface area contributed by atoms with Gasteiger partial charge in [-0.25, -0.2) is 0 Å². The van der Waals surface area contributed by atoms with E-state index in [0.29, 0.717) is 12.0 Å². The van der Waals surface area contributed by atoms with Crippen LogP contribution in [-0.2, 0) is 9.53 Å². The lowest BCUT2D eigenvalue weighted by Gasteiger charge is -2.19. The number of carboxylic acid groups (broad SMARTS) is 1. The van der Waals surface area contributed by atoms with E-state index in [4.69, 9.17) is 9.84 Å². The standard InChI is InChI=1S/C14H27NO3/c1-11(4-5-13(16)17)7-9-15-10-12-6-8-14(2,3)18-12/h11-12,15H,4-10H2,1-3H3,(H,16,17). The number of carboxylic acids is 1. The normalized spacial score (nSPS) is 24.1. The molecule has 0 spiro atoms. The van der Waals surface area contributed by atoms with Gasteiger partial charge in [0.15, 0.2) is 0 Å². The van der Waals surface area contributed by atoms with E-state index in [2.05, 4.69) is 26.1 Å². The minimum absolute atomic E-state index is 0.0428. The van der Waals surface area contributed by atoms with Crippen LogP contribution in [-0.4, -0.2) is 35.9 Å². The van der Waals surface area contributed by atoms with Gasteiger partial charge in [0.05, 0.1) is 11.7 Å². The molecule has 18 heavy (non-hydrogen) atoms. The number of hydrogen-bond acceptors (Lipinski definition) is 3. The highest BCUT2D eigenvalue weighted by atomic mass is 16.5. The topological polar surface area (TPSA) is 58.6 Å². The fraction of sp³-hybridized carbons (Fsp3) is 0.929. The minimum Gasteiger partial charge on any atom is -0.481 e. The van der Waals surface area contributed by atoms with Crippen LogP contribution < -0.4 is 5.32 Å². The second-order valence-electron chi connectivity index (χ2n) is 6.07. The van der Waals surface area contributed by atoms with Gasteiger partial charge in [0.2, 0.25) is 0 Å². The number of carbonyl (C=O) groups is 1. The molecule has 1 saturated heterocycles. The molecule has 1 rings (SSSR count). The highest BCUT2D eigenvalue weighted by molar-refractivity contribution is 5.66. The summed E-state index contributed by atoms with van der Waals surface area (Å²) in [7, 11) is 0. The van der Waals surface area contributed by atoms with Gasteiger partial charge in [-0.05, 0) is 52.0 Å². The third kappa shape index (κ3) is 6.36. The van der Waals surface area contributed by atoms with Crippen LogP contribution in [0.2, 0.25) is 0 Å². The van der Waals surface area contributed by atoms with Crippen molar-refractivity contribution in [2.45, 2.75) is 64.6 Å². The first-order valence-corrected chi connectivity index (χ1v) is 6.99. The SMILES string of the molecule is CC(CCNCC1CCC(C)(C)O1)CCC(=O)O. The summed E-state index contributed by atoms with van der Waals surface area (Å²) < 4.78 is 5.89. The first kappa shape index (κ1) is 15.4. The van der Waals surface area contributed by atoms with Crippen molar-refractivity contribution < 1.29 is 14.6 Å². The molecule has 1 heterocycles. The summed E-state index contributed by atoms with van der Waals surface area (Å²) in [4.78, 5) is 10.4. The Morgan fingerprint density at radius 2 is 2.22 bits per heavy atom. The van der Waals surface area contributed by atoms with E-state index in [1.165, 1.54) is 0 Å². The zero-order valence-corrected chi connectivity index (χ0v) is 11.9. The molecule has 2 N–H and O–H groups in total. The lowest BCUT2D eigenvalue weighted by atomic mass is 10.0. The van der Waals surface area contributed by atoms with Crippen molar-refractivity contribution in [1.82, 2.24) is 5.32 Å². The average Bonchev–Trinajstić information content (AvgIpc) is 2.61. The van der Waals surface area contributed by atoms with Gasteiger partial charge >= 0.3 is 5.97 Å². The van der Waals surface area contributed by atoms with Gasteiger partial charge in [0.25, 0.3) is 0 Å². The molecular formula is C14H27NO3. The number of ether oxygens (including phenoxy) is 1. The Kier molecular flexibility index (Phi) is 6.09. The van der Waals surface area contributed by atoms with Crippen LogP contribution in [0.1, 0.15) is 52.9 Å². The molecule has 1 fully saturated rings. The van der Waals surface area contributed by atoms with Crippen molar-refractivity contribution in [1.29, 1.82) is 0 Å². The Balaban J connectivity index is 2.00. The Labute approximate surface area is 110 Å². The maximum Gasteiger partial charge on any atom is 0.303 e. The number of hydrogen-bond donors (Lipinski definition) is 2. The number of nitrogens with one attached hydrogen (secondary N) is 1. The van der Waals surface area contributed by atoms with E-state index >= 15 is 0 Å². The summed E-state index contributed by atoms with van der Waals surface area (Å²) in [6, 6.07) is 0. The summed E-state index contributed by atoms with van der Waals surface area (Å²) in [5, 5.41) is 12.0. The molecule has 1 aliphatic heterocycles.